The van der Waals surface area contributed by atoms with E-state index in [1.54, 1.807) is 0 Å². The summed E-state index contributed by atoms with van der Waals surface area (Å²) in [4.78, 5) is 12.6. The molecule has 50 heavy (non-hydrogen) atoms. The summed E-state index contributed by atoms with van der Waals surface area (Å²) < 4.78 is 1.89. The number of phenols is 1. The fourth-order valence-electron chi connectivity index (χ4n) is 14.0. The second-order valence-electron chi connectivity index (χ2n) is 18.6. The SMILES string of the molecule is C[C@]12CCC(=O)C=C1C[C@@H](C/C=C/Cn1cc([C@]3(O)CC[C@H]4[C@@H]5CCc6cc(O)ccc6[C@H]5CC[C@@]43C)nn1)C1C2CC[C@@]2(C)C1CC[C@@H]2O. The zero-order valence-electron chi connectivity index (χ0n) is 30.4. The Morgan fingerprint density at radius 1 is 0.940 bits per heavy atom. The van der Waals surface area contributed by atoms with Crippen LogP contribution in [0, 0.1) is 51.8 Å². The molecule has 1 heterocycles. The summed E-state index contributed by atoms with van der Waals surface area (Å²) in [6, 6.07) is 5.95. The van der Waals surface area contributed by atoms with Crippen LogP contribution in [0.25, 0.3) is 0 Å². The molecule has 0 bridgehead atoms. The number of ketones is 1. The van der Waals surface area contributed by atoms with Gasteiger partial charge in [-0.3, -0.25) is 4.79 Å². The molecule has 5 fully saturated rings. The Hall–Kier alpha value is -2.77. The molecule has 7 aliphatic carbocycles. The van der Waals surface area contributed by atoms with E-state index in [0.717, 1.165) is 89.2 Å². The second kappa shape index (κ2) is 11.6. The molecule has 7 nitrogen and oxygen atoms in total. The molecule has 3 N–H and O–H groups in total. The van der Waals surface area contributed by atoms with E-state index in [0.29, 0.717) is 65.9 Å². The number of hydrogen-bond donors (Lipinski definition) is 3. The highest BCUT2D eigenvalue weighted by Gasteiger charge is 2.64. The average molecular weight is 680 g/mol. The molecular weight excluding hydrogens is 622 g/mol. The normalized spacial score (nSPS) is 44.9. The van der Waals surface area contributed by atoms with Crippen LogP contribution >= 0.6 is 0 Å². The highest BCUT2D eigenvalue weighted by Crippen LogP contribution is 2.68. The first-order valence-electron chi connectivity index (χ1n) is 20.0. The van der Waals surface area contributed by atoms with Crippen LogP contribution in [0.15, 0.2) is 48.2 Å². The molecule has 268 valence electrons. The van der Waals surface area contributed by atoms with Crippen molar-refractivity contribution in [3.05, 3.63) is 65.0 Å². The van der Waals surface area contributed by atoms with E-state index in [1.807, 2.05) is 29.1 Å². The zero-order valence-corrected chi connectivity index (χ0v) is 30.4. The predicted octanol–water partition coefficient (Wildman–Crippen LogP) is 7.79. The fraction of sp³-hybridized carbons (Fsp3) is 0.698. The van der Waals surface area contributed by atoms with Crippen LogP contribution in [0.4, 0.5) is 0 Å². The third-order valence-corrected chi connectivity index (χ3v) is 16.8. The Bertz CT molecular complexity index is 1750. The van der Waals surface area contributed by atoms with Crippen LogP contribution in [0.3, 0.4) is 0 Å². The number of aryl methyl sites for hydroxylation is 1. The van der Waals surface area contributed by atoms with Crippen LogP contribution in [0.2, 0.25) is 0 Å². The molecule has 0 radical (unpaired) electrons. The summed E-state index contributed by atoms with van der Waals surface area (Å²) in [5.74, 6) is 4.34. The topological polar surface area (TPSA) is 108 Å². The molecular formula is C43H57N3O4. The van der Waals surface area contributed by atoms with Crippen molar-refractivity contribution in [1.82, 2.24) is 15.0 Å². The number of hydrogen-bond acceptors (Lipinski definition) is 6. The van der Waals surface area contributed by atoms with Crippen molar-refractivity contribution < 1.29 is 20.1 Å². The van der Waals surface area contributed by atoms with Crippen molar-refractivity contribution in [3.63, 3.8) is 0 Å². The minimum atomic E-state index is -0.978. The molecule has 0 saturated heterocycles. The first kappa shape index (κ1) is 33.1. The van der Waals surface area contributed by atoms with Gasteiger partial charge in [0.15, 0.2) is 5.78 Å². The molecule has 2 aromatic rings. The molecule has 5 saturated carbocycles. The van der Waals surface area contributed by atoms with Crippen molar-refractivity contribution in [1.29, 1.82) is 0 Å². The van der Waals surface area contributed by atoms with E-state index in [-0.39, 0.29) is 22.3 Å². The number of allylic oxidation sites excluding steroid dienone is 3. The summed E-state index contributed by atoms with van der Waals surface area (Å²) in [6.45, 7) is 7.73. The van der Waals surface area contributed by atoms with Gasteiger partial charge in [-0.05, 0) is 165 Å². The molecule has 7 aliphatic rings. The van der Waals surface area contributed by atoms with E-state index >= 15 is 0 Å². The predicted molar refractivity (Wildman–Crippen MR) is 192 cm³/mol. The molecule has 1 aromatic heterocycles. The van der Waals surface area contributed by atoms with E-state index < -0.39 is 5.60 Å². The van der Waals surface area contributed by atoms with E-state index in [4.69, 9.17) is 0 Å². The first-order chi connectivity index (χ1) is 23.9. The number of fused-ring (bicyclic) bond motifs is 10. The maximum Gasteiger partial charge on any atom is 0.155 e. The highest BCUT2D eigenvalue weighted by atomic mass is 16.3. The number of aromatic nitrogens is 3. The smallest absolute Gasteiger partial charge is 0.155 e. The van der Waals surface area contributed by atoms with Crippen molar-refractivity contribution in [3.8, 4) is 5.75 Å². The lowest BCUT2D eigenvalue weighted by atomic mass is 9.44. The number of carbonyl (C=O) groups is 1. The zero-order chi connectivity index (χ0) is 34.6. The van der Waals surface area contributed by atoms with Crippen molar-refractivity contribution >= 4 is 5.78 Å². The maximum atomic E-state index is 12.6. The molecule has 1 aromatic carbocycles. The van der Waals surface area contributed by atoms with E-state index in [1.165, 1.54) is 16.7 Å². The summed E-state index contributed by atoms with van der Waals surface area (Å²) in [6.07, 6.45) is 22.2. The largest absolute Gasteiger partial charge is 0.508 e. The molecule has 0 spiro atoms. The van der Waals surface area contributed by atoms with Gasteiger partial charge in [-0.1, -0.05) is 49.8 Å². The number of benzene rings is 1. The minimum absolute atomic E-state index is 0.0170. The number of aliphatic hydroxyl groups is 2. The van der Waals surface area contributed by atoms with Gasteiger partial charge in [-0.25, -0.2) is 4.68 Å². The lowest BCUT2D eigenvalue weighted by molar-refractivity contribution is -0.119. The van der Waals surface area contributed by atoms with Gasteiger partial charge in [0.25, 0.3) is 0 Å². The molecule has 12 atom stereocenters. The van der Waals surface area contributed by atoms with Crippen molar-refractivity contribution in [2.75, 3.05) is 0 Å². The number of aliphatic hydroxyl groups excluding tert-OH is 1. The number of aromatic hydroxyl groups is 1. The highest BCUT2D eigenvalue weighted by molar-refractivity contribution is 5.91. The van der Waals surface area contributed by atoms with Crippen LogP contribution < -0.4 is 0 Å². The standard InChI is InChI=1S/C43H57N3O4/c1-40-17-13-30(48)24-28(40)22-27(39-35-11-12-38(49)41(35,2)18-15-36(39)40)6-4-5-21-46-25-37(44-45-46)43(50)20-16-34-33-9-7-26-23-29(47)8-10-31(26)32(33)14-19-42(34,43)3/h4-5,8,10,23-25,27,32-36,38-39,47,49-50H,6-7,9,11-22H2,1-3H3/b5-4+/t27-,32-,33-,34+,35?,36?,38+,39?,40+,41+,42+,43-/m1/s1. The van der Waals surface area contributed by atoms with Crippen LogP contribution in [-0.2, 0) is 23.4 Å². The Morgan fingerprint density at radius 3 is 2.64 bits per heavy atom. The van der Waals surface area contributed by atoms with Gasteiger partial charge in [-0.15, -0.1) is 5.10 Å². The first-order valence-corrected chi connectivity index (χ1v) is 20.0. The number of carbonyl (C=O) groups excluding carboxylic acids is 1. The van der Waals surface area contributed by atoms with Crippen molar-refractivity contribution in [2.24, 2.45) is 51.8 Å². The fourth-order valence-corrected chi connectivity index (χ4v) is 14.0. The summed E-state index contributed by atoms with van der Waals surface area (Å²) >= 11 is 0. The monoisotopic (exact) mass is 679 g/mol. The van der Waals surface area contributed by atoms with Crippen LogP contribution in [0.1, 0.15) is 127 Å². The Kier molecular flexibility index (Phi) is 7.69. The lowest BCUT2D eigenvalue weighted by Crippen LogP contribution is -2.54. The van der Waals surface area contributed by atoms with E-state index in [2.05, 4.69) is 49.3 Å². The van der Waals surface area contributed by atoms with E-state index in [9.17, 15) is 20.1 Å². The number of nitrogens with zero attached hydrogens (tertiary/aromatic N) is 3. The van der Waals surface area contributed by atoms with Gasteiger partial charge in [-0.2, -0.15) is 0 Å². The Labute approximate surface area is 297 Å². The molecule has 3 unspecified atom stereocenters. The molecule has 0 amide bonds. The Morgan fingerprint density at radius 2 is 1.78 bits per heavy atom. The number of rotatable bonds is 5. The second-order valence-corrected chi connectivity index (χ2v) is 18.6. The summed E-state index contributed by atoms with van der Waals surface area (Å²) in [5.41, 5.74) is 3.75. The molecule has 0 aliphatic heterocycles. The average Bonchev–Trinajstić information content (AvgIpc) is 3.78. The summed E-state index contributed by atoms with van der Waals surface area (Å²) in [7, 11) is 0. The van der Waals surface area contributed by atoms with Gasteiger partial charge in [0.2, 0.25) is 0 Å². The maximum absolute atomic E-state index is 12.6. The Balaban J connectivity index is 0.904. The van der Waals surface area contributed by atoms with Crippen LogP contribution in [0.5, 0.6) is 5.75 Å². The van der Waals surface area contributed by atoms with Gasteiger partial charge >= 0.3 is 0 Å². The summed E-state index contributed by atoms with van der Waals surface area (Å²) in [5, 5.41) is 42.8. The molecule has 9 rings (SSSR count). The third kappa shape index (κ3) is 4.70. The van der Waals surface area contributed by atoms with Gasteiger partial charge in [0.05, 0.1) is 18.8 Å². The number of phenolic OH excluding ortho intramolecular Hbond substituents is 1. The molecule has 7 heteroatoms. The van der Waals surface area contributed by atoms with Crippen LogP contribution in [-0.4, -0.2) is 42.2 Å². The van der Waals surface area contributed by atoms with Gasteiger partial charge in [0.1, 0.15) is 17.0 Å². The van der Waals surface area contributed by atoms with Gasteiger partial charge in [0, 0.05) is 11.8 Å². The quantitative estimate of drug-likeness (QED) is 0.279. The minimum Gasteiger partial charge on any atom is -0.508 e. The lowest BCUT2D eigenvalue weighted by Gasteiger charge is -2.60. The van der Waals surface area contributed by atoms with Crippen molar-refractivity contribution in [2.45, 2.75) is 135 Å². The third-order valence-electron chi connectivity index (χ3n) is 16.8. The van der Waals surface area contributed by atoms with Gasteiger partial charge < -0.3 is 15.3 Å².